The molecule has 1 aliphatic rings. The molecule has 0 saturated carbocycles. The number of aliphatic carboxylic acids is 1. The number of hydrogen-bond donors (Lipinski definition) is 1. The Labute approximate surface area is 89.8 Å². The summed E-state index contributed by atoms with van der Waals surface area (Å²) in [6.07, 6.45) is 0. The normalized spacial score (nSPS) is 24.1. The van der Waals surface area contributed by atoms with Gasteiger partial charge in [0.2, 0.25) is 0 Å². The van der Waals surface area contributed by atoms with Crippen LogP contribution in [0.15, 0.2) is 22.7 Å². The lowest BCUT2D eigenvalue weighted by Gasteiger charge is -2.15. The number of rotatable bonds is 1. The summed E-state index contributed by atoms with van der Waals surface area (Å²) in [5.41, 5.74) is -0.182. The van der Waals surface area contributed by atoms with Crippen molar-refractivity contribution in [2.24, 2.45) is 0 Å². The average molecular weight is 257 g/mol. The Kier molecular flexibility index (Phi) is 2.03. The number of carbonyl (C=O) groups is 1. The Morgan fingerprint density at radius 1 is 1.64 bits per heavy atom. The first-order valence-electron chi connectivity index (χ1n) is 4.21. The number of hydrogen-bond acceptors (Lipinski definition) is 2. The highest BCUT2D eigenvalue weighted by Gasteiger charge is 2.43. The molecule has 1 aromatic rings. The molecule has 2 rings (SSSR count). The zero-order chi connectivity index (χ0) is 10.3. The summed E-state index contributed by atoms with van der Waals surface area (Å²) in [5.74, 6) is -0.202. The van der Waals surface area contributed by atoms with Crippen molar-refractivity contribution in [3.8, 4) is 5.75 Å². The molecule has 1 aliphatic heterocycles. The highest BCUT2D eigenvalue weighted by molar-refractivity contribution is 9.10. The van der Waals surface area contributed by atoms with Crippen LogP contribution in [-0.4, -0.2) is 17.7 Å². The lowest BCUT2D eigenvalue weighted by molar-refractivity contribution is -0.143. The van der Waals surface area contributed by atoms with Crippen molar-refractivity contribution in [2.75, 3.05) is 6.61 Å². The molecule has 1 unspecified atom stereocenters. The minimum Gasteiger partial charge on any atom is -0.491 e. The van der Waals surface area contributed by atoms with Gasteiger partial charge in [-0.3, -0.25) is 4.79 Å². The Morgan fingerprint density at radius 2 is 2.36 bits per heavy atom. The van der Waals surface area contributed by atoms with Gasteiger partial charge in [0, 0.05) is 5.56 Å². The summed E-state index contributed by atoms with van der Waals surface area (Å²) in [4.78, 5) is 11.1. The van der Waals surface area contributed by atoms with E-state index in [0.29, 0.717) is 5.75 Å². The molecule has 0 radical (unpaired) electrons. The number of carboxylic acids is 1. The van der Waals surface area contributed by atoms with E-state index >= 15 is 0 Å². The summed E-state index contributed by atoms with van der Waals surface area (Å²) < 4.78 is 6.18. The summed E-state index contributed by atoms with van der Waals surface area (Å²) >= 11 is 3.33. The van der Waals surface area contributed by atoms with Crippen LogP contribution in [0.1, 0.15) is 12.5 Å². The van der Waals surface area contributed by atoms with Gasteiger partial charge in [0.25, 0.3) is 0 Å². The second-order valence-corrected chi connectivity index (χ2v) is 4.40. The molecule has 3 nitrogen and oxygen atoms in total. The second-order valence-electron chi connectivity index (χ2n) is 3.54. The van der Waals surface area contributed by atoms with Gasteiger partial charge in [-0.05, 0) is 28.9 Å². The first-order chi connectivity index (χ1) is 6.55. The maximum absolute atomic E-state index is 11.1. The second kappa shape index (κ2) is 2.98. The van der Waals surface area contributed by atoms with Crippen LogP contribution in [0.4, 0.5) is 0 Å². The van der Waals surface area contributed by atoms with E-state index in [0.717, 1.165) is 10.0 Å². The van der Waals surface area contributed by atoms with Crippen molar-refractivity contribution >= 4 is 21.9 Å². The van der Waals surface area contributed by atoms with Crippen LogP contribution in [-0.2, 0) is 10.2 Å². The van der Waals surface area contributed by atoms with Gasteiger partial charge in [0.05, 0.1) is 4.47 Å². The monoisotopic (exact) mass is 256 g/mol. The largest absolute Gasteiger partial charge is 0.491 e. The van der Waals surface area contributed by atoms with Gasteiger partial charge in [0.15, 0.2) is 0 Å². The van der Waals surface area contributed by atoms with E-state index in [1.165, 1.54) is 0 Å². The molecule has 1 aromatic carbocycles. The van der Waals surface area contributed by atoms with E-state index in [4.69, 9.17) is 9.84 Å². The molecule has 1 atom stereocenters. The molecule has 0 aromatic heterocycles. The number of benzene rings is 1. The zero-order valence-corrected chi connectivity index (χ0v) is 9.17. The first kappa shape index (κ1) is 9.52. The van der Waals surface area contributed by atoms with Gasteiger partial charge < -0.3 is 9.84 Å². The summed E-state index contributed by atoms with van der Waals surface area (Å²) in [5, 5.41) is 9.11. The maximum atomic E-state index is 11.1. The predicted octanol–water partition coefficient (Wildman–Crippen LogP) is 2.18. The highest BCUT2D eigenvalue weighted by atomic mass is 79.9. The van der Waals surface area contributed by atoms with Crippen molar-refractivity contribution in [1.82, 2.24) is 0 Å². The molecule has 0 saturated heterocycles. The van der Waals surface area contributed by atoms with E-state index in [-0.39, 0.29) is 6.61 Å². The highest BCUT2D eigenvalue weighted by Crippen LogP contribution is 2.42. The number of halogens is 1. The fourth-order valence-corrected chi connectivity index (χ4v) is 2.04. The number of ether oxygens (including phenoxy) is 1. The molecule has 74 valence electrons. The lowest BCUT2D eigenvalue weighted by Crippen LogP contribution is -2.33. The molecule has 0 spiro atoms. The van der Waals surface area contributed by atoms with E-state index < -0.39 is 11.4 Å². The lowest BCUT2D eigenvalue weighted by atomic mass is 9.85. The third kappa shape index (κ3) is 1.14. The van der Waals surface area contributed by atoms with E-state index in [1.807, 2.05) is 12.1 Å². The van der Waals surface area contributed by atoms with Crippen molar-refractivity contribution in [2.45, 2.75) is 12.3 Å². The van der Waals surface area contributed by atoms with Crippen molar-refractivity contribution in [3.05, 3.63) is 28.2 Å². The summed E-state index contributed by atoms with van der Waals surface area (Å²) in [6, 6.07) is 5.45. The molecule has 0 bridgehead atoms. The zero-order valence-electron chi connectivity index (χ0n) is 7.58. The maximum Gasteiger partial charge on any atom is 0.317 e. The fraction of sp³-hybridized carbons (Fsp3) is 0.300. The van der Waals surface area contributed by atoms with Crippen LogP contribution in [0, 0.1) is 0 Å². The first-order valence-corrected chi connectivity index (χ1v) is 5.00. The quantitative estimate of drug-likeness (QED) is 0.838. The van der Waals surface area contributed by atoms with E-state index in [9.17, 15) is 4.79 Å². The Balaban J connectivity index is 2.60. The van der Waals surface area contributed by atoms with Crippen LogP contribution in [0.5, 0.6) is 5.75 Å². The molecule has 0 amide bonds. The minimum absolute atomic E-state index is 0.195. The third-order valence-corrected chi connectivity index (χ3v) is 3.16. The summed E-state index contributed by atoms with van der Waals surface area (Å²) in [6.45, 7) is 1.87. The van der Waals surface area contributed by atoms with Crippen molar-refractivity contribution in [3.63, 3.8) is 0 Å². The standard InChI is InChI=1S/C10H9BrO3/c1-10(9(12)13)5-14-8-6(10)3-2-4-7(8)11/h2-4H,5H2,1H3,(H,12,13). The smallest absolute Gasteiger partial charge is 0.317 e. The fourth-order valence-electron chi connectivity index (χ4n) is 1.56. The Hall–Kier alpha value is -1.03. The van der Waals surface area contributed by atoms with E-state index in [2.05, 4.69) is 15.9 Å². The van der Waals surface area contributed by atoms with Crippen LogP contribution in [0.25, 0.3) is 0 Å². The van der Waals surface area contributed by atoms with Crippen LogP contribution < -0.4 is 4.74 Å². The Bertz CT molecular complexity index is 402. The van der Waals surface area contributed by atoms with E-state index in [1.54, 1.807) is 13.0 Å². The van der Waals surface area contributed by atoms with Gasteiger partial charge in [-0.25, -0.2) is 0 Å². The van der Waals surface area contributed by atoms with Gasteiger partial charge in [-0.1, -0.05) is 12.1 Å². The molecular formula is C10H9BrO3. The van der Waals surface area contributed by atoms with Gasteiger partial charge in [-0.2, -0.15) is 0 Å². The average Bonchev–Trinajstić information content (AvgIpc) is 2.47. The van der Waals surface area contributed by atoms with Gasteiger partial charge in [0.1, 0.15) is 17.8 Å². The van der Waals surface area contributed by atoms with Crippen LogP contribution in [0.2, 0.25) is 0 Å². The number of para-hydroxylation sites is 1. The molecule has 14 heavy (non-hydrogen) atoms. The molecule has 0 fully saturated rings. The van der Waals surface area contributed by atoms with Gasteiger partial charge >= 0.3 is 5.97 Å². The topological polar surface area (TPSA) is 46.5 Å². The molecule has 0 aliphatic carbocycles. The van der Waals surface area contributed by atoms with Crippen LogP contribution >= 0.6 is 15.9 Å². The van der Waals surface area contributed by atoms with Crippen molar-refractivity contribution < 1.29 is 14.6 Å². The summed E-state index contributed by atoms with van der Waals surface area (Å²) in [7, 11) is 0. The molecule has 4 heteroatoms. The molecule has 1 heterocycles. The Morgan fingerprint density at radius 3 is 3.00 bits per heavy atom. The predicted molar refractivity (Wildman–Crippen MR) is 54.6 cm³/mol. The number of carboxylic acid groups (broad SMARTS) is 1. The third-order valence-electron chi connectivity index (χ3n) is 2.54. The molecule has 1 N–H and O–H groups in total. The number of fused-ring (bicyclic) bond motifs is 1. The minimum atomic E-state index is -0.918. The SMILES string of the molecule is CC1(C(=O)O)COc2c(Br)cccc21. The van der Waals surface area contributed by atoms with Gasteiger partial charge in [-0.15, -0.1) is 0 Å². The van der Waals surface area contributed by atoms with Crippen molar-refractivity contribution in [1.29, 1.82) is 0 Å². The van der Waals surface area contributed by atoms with Crippen LogP contribution in [0.3, 0.4) is 0 Å². The molecular weight excluding hydrogens is 248 g/mol.